The molecule has 2 aromatic rings. The molecule has 1 aliphatic rings. The molecular formula is C21H26N4O3. The van der Waals surface area contributed by atoms with E-state index in [0.717, 1.165) is 11.1 Å². The Kier molecular flexibility index (Phi) is 5.63. The van der Waals surface area contributed by atoms with Crippen molar-refractivity contribution in [3.8, 4) is 11.1 Å². The second kappa shape index (κ2) is 7.96. The highest BCUT2D eigenvalue weighted by atomic mass is 16.6. The number of carbonyl (C=O) groups excluding carboxylic acids is 2. The van der Waals surface area contributed by atoms with E-state index in [9.17, 15) is 9.59 Å². The molecule has 2 heterocycles. The van der Waals surface area contributed by atoms with Crippen molar-refractivity contribution in [3.05, 3.63) is 42.6 Å². The Morgan fingerprint density at radius 3 is 2.57 bits per heavy atom. The predicted molar refractivity (Wildman–Crippen MR) is 107 cm³/mol. The molecule has 1 fully saturated rings. The van der Waals surface area contributed by atoms with E-state index >= 15 is 0 Å². The van der Waals surface area contributed by atoms with Gasteiger partial charge in [-0.3, -0.25) is 9.69 Å². The van der Waals surface area contributed by atoms with Gasteiger partial charge in [0.2, 0.25) is 5.91 Å². The Morgan fingerprint density at radius 2 is 1.89 bits per heavy atom. The van der Waals surface area contributed by atoms with Gasteiger partial charge in [0, 0.05) is 25.7 Å². The van der Waals surface area contributed by atoms with Crippen LogP contribution in [0.3, 0.4) is 0 Å². The number of amides is 2. The van der Waals surface area contributed by atoms with Gasteiger partial charge < -0.3 is 9.64 Å². The van der Waals surface area contributed by atoms with Crippen molar-refractivity contribution in [2.45, 2.75) is 32.8 Å². The number of aromatic nitrogens is 2. The molecule has 1 aromatic heterocycles. The van der Waals surface area contributed by atoms with E-state index in [-0.39, 0.29) is 17.9 Å². The molecule has 0 radical (unpaired) electrons. The van der Waals surface area contributed by atoms with Crippen molar-refractivity contribution in [2.24, 2.45) is 5.92 Å². The fourth-order valence-corrected chi connectivity index (χ4v) is 3.15. The molecule has 7 nitrogen and oxygen atoms in total. The molecule has 28 heavy (non-hydrogen) atoms. The Labute approximate surface area is 165 Å². The smallest absolute Gasteiger partial charge is 0.410 e. The van der Waals surface area contributed by atoms with Crippen molar-refractivity contribution < 1.29 is 14.3 Å². The number of hydrogen-bond donors (Lipinski definition) is 0. The second-order valence-electron chi connectivity index (χ2n) is 7.98. The molecule has 7 heteroatoms. The predicted octanol–water partition coefficient (Wildman–Crippen LogP) is 3.36. The average molecular weight is 382 g/mol. The third kappa shape index (κ3) is 4.65. The summed E-state index contributed by atoms with van der Waals surface area (Å²) in [5.74, 6) is 0.132. The highest BCUT2D eigenvalue weighted by Crippen LogP contribution is 2.25. The fourth-order valence-electron chi connectivity index (χ4n) is 3.15. The van der Waals surface area contributed by atoms with Gasteiger partial charge in [0.05, 0.1) is 12.1 Å². The molecule has 0 spiro atoms. The molecular weight excluding hydrogens is 356 g/mol. The molecule has 1 atom stereocenters. The fraction of sp³-hybridized carbons (Fsp3) is 0.429. The third-order valence-corrected chi connectivity index (χ3v) is 4.61. The molecule has 0 aliphatic carbocycles. The van der Waals surface area contributed by atoms with Gasteiger partial charge in [0.15, 0.2) is 5.82 Å². The van der Waals surface area contributed by atoms with E-state index in [0.29, 0.717) is 25.3 Å². The van der Waals surface area contributed by atoms with Crippen LogP contribution in [0.2, 0.25) is 0 Å². The summed E-state index contributed by atoms with van der Waals surface area (Å²) in [6.45, 7) is 6.35. The number of nitrogens with zero attached hydrogens (tertiary/aromatic N) is 4. The number of anilines is 1. The van der Waals surface area contributed by atoms with Crippen LogP contribution in [0.25, 0.3) is 11.1 Å². The lowest BCUT2D eigenvalue weighted by molar-refractivity contribution is -0.121. The summed E-state index contributed by atoms with van der Waals surface area (Å²) >= 11 is 0. The zero-order valence-electron chi connectivity index (χ0n) is 16.8. The van der Waals surface area contributed by atoms with Gasteiger partial charge in [0.25, 0.3) is 0 Å². The maximum absolute atomic E-state index is 12.9. The number of rotatable bonds is 3. The first-order valence-electron chi connectivity index (χ1n) is 9.38. The molecule has 1 aromatic carbocycles. The van der Waals surface area contributed by atoms with E-state index in [1.165, 1.54) is 4.90 Å². The zero-order valence-corrected chi connectivity index (χ0v) is 16.8. The van der Waals surface area contributed by atoms with Crippen LogP contribution < -0.4 is 4.90 Å². The maximum Gasteiger partial charge on any atom is 0.410 e. The van der Waals surface area contributed by atoms with Crippen LogP contribution in [0.15, 0.2) is 42.6 Å². The molecule has 1 aliphatic heterocycles. The van der Waals surface area contributed by atoms with Gasteiger partial charge in [-0.25, -0.2) is 4.79 Å². The summed E-state index contributed by atoms with van der Waals surface area (Å²) < 4.78 is 5.40. The van der Waals surface area contributed by atoms with Gasteiger partial charge in [0.1, 0.15) is 5.60 Å². The SMILES string of the molecule is CN(C(=O)[C@@H]1CCN(C(=O)OC(C)(C)C)C1)c1cc(-c2ccccc2)cnn1. The molecule has 1 saturated heterocycles. The van der Waals surface area contributed by atoms with Crippen LogP contribution in [0.4, 0.5) is 10.6 Å². The van der Waals surface area contributed by atoms with Crippen LogP contribution in [0, 0.1) is 5.92 Å². The first-order valence-corrected chi connectivity index (χ1v) is 9.38. The van der Waals surface area contributed by atoms with Crippen molar-refractivity contribution in [1.29, 1.82) is 0 Å². The number of carbonyl (C=O) groups is 2. The van der Waals surface area contributed by atoms with Crippen molar-refractivity contribution >= 4 is 17.8 Å². The highest BCUT2D eigenvalue weighted by Gasteiger charge is 2.35. The van der Waals surface area contributed by atoms with Crippen molar-refractivity contribution in [2.75, 3.05) is 25.0 Å². The minimum atomic E-state index is -0.552. The Balaban J connectivity index is 1.68. The van der Waals surface area contributed by atoms with E-state index in [1.54, 1.807) is 18.1 Å². The largest absolute Gasteiger partial charge is 0.444 e. The quantitative estimate of drug-likeness (QED) is 0.814. The normalized spacial score (nSPS) is 16.7. The summed E-state index contributed by atoms with van der Waals surface area (Å²) in [6.07, 6.45) is 1.90. The van der Waals surface area contributed by atoms with E-state index in [2.05, 4.69) is 10.2 Å². The van der Waals surface area contributed by atoms with Crippen LogP contribution in [0.1, 0.15) is 27.2 Å². The van der Waals surface area contributed by atoms with Crippen LogP contribution in [-0.2, 0) is 9.53 Å². The van der Waals surface area contributed by atoms with E-state index < -0.39 is 5.60 Å². The monoisotopic (exact) mass is 382 g/mol. The van der Waals surface area contributed by atoms with E-state index in [1.807, 2.05) is 57.2 Å². The molecule has 148 valence electrons. The molecule has 0 bridgehead atoms. The Hall–Kier alpha value is -2.96. The van der Waals surface area contributed by atoms with Gasteiger partial charge in [-0.1, -0.05) is 30.3 Å². The maximum atomic E-state index is 12.9. The molecule has 3 rings (SSSR count). The average Bonchev–Trinajstić information content (AvgIpc) is 3.17. The van der Waals surface area contributed by atoms with Gasteiger partial charge in [-0.2, -0.15) is 5.10 Å². The summed E-state index contributed by atoms with van der Waals surface area (Å²) in [6, 6.07) is 11.7. The third-order valence-electron chi connectivity index (χ3n) is 4.61. The molecule has 0 unspecified atom stereocenters. The van der Waals surface area contributed by atoms with Crippen LogP contribution in [-0.4, -0.2) is 52.8 Å². The Bertz CT molecular complexity index is 848. The number of benzene rings is 1. The summed E-state index contributed by atoms with van der Waals surface area (Å²) in [4.78, 5) is 28.3. The van der Waals surface area contributed by atoms with Gasteiger partial charge in [-0.05, 0) is 38.8 Å². The summed E-state index contributed by atoms with van der Waals surface area (Å²) in [5, 5.41) is 8.16. The standard InChI is InChI=1S/C21H26N4O3/c1-21(2,3)28-20(27)25-11-10-16(14-25)19(26)24(4)18-12-17(13-22-23-18)15-8-6-5-7-9-15/h5-9,12-13,16H,10-11,14H2,1-4H3/t16-/m1/s1. The minimum Gasteiger partial charge on any atom is -0.444 e. The topological polar surface area (TPSA) is 75.6 Å². The van der Waals surface area contributed by atoms with Gasteiger partial charge >= 0.3 is 6.09 Å². The van der Waals surface area contributed by atoms with Crippen molar-refractivity contribution in [3.63, 3.8) is 0 Å². The lowest BCUT2D eigenvalue weighted by atomic mass is 10.1. The lowest BCUT2D eigenvalue weighted by Gasteiger charge is -2.25. The molecule has 0 N–H and O–H groups in total. The van der Waals surface area contributed by atoms with Crippen LogP contribution >= 0.6 is 0 Å². The molecule has 2 amide bonds. The first kappa shape index (κ1) is 19.8. The van der Waals surface area contributed by atoms with E-state index in [4.69, 9.17) is 4.74 Å². The van der Waals surface area contributed by atoms with Crippen molar-refractivity contribution in [1.82, 2.24) is 15.1 Å². The van der Waals surface area contributed by atoms with Gasteiger partial charge in [-0.15, -0.1) is 5.10 Å². The second-order valence-corrected chi connectivity index (χ2v) is 7.98. The number of likely N-dealkylation sites (tertiary alicyclic amines) is 1. The summed E-state index contributed by atoms with van der Waals surface area (Å²) in [5.41, 5.74) is 1.35. The minimum absolute atomic E-state index is 0.0782. The molecule has 0 saturated carbocycles. The first-order chi connectivity index (χ1) is 13.2. The number of hydrogen-bond acceptors (Lipinski definition) is 5. The van der Waals surface area contributed by atoms with Crippen LogP contribution in [0.5, 0.6) is 0 Å². The Morgan fingerprint density at radius 1 is 1.18 bits per heavy atom. The summed E-state index contributed by atoms with van der Waals surface area (Å²) in [7, 11) is 1.69. The number of ether oxygens (including phenoxy) is 1. The zero-order chi connectivity index (χ0) is 20.3. The highest BCUT2D eigenvalue weighted by molar-refractivity contribution is 5.94. The lowest BCUT2D eigenvalue weighted by Crippen LogP contribution is -2.38.